The number of aryl methyl sites for hydroxylation is 1. The number of nitrogens with zero attached hydrogens (tertiary/aromatic N) is 1. The Hall–Kier alpha value is -3.97. The fraction of sp³-hybridized carbons (Fsp3) is 0.300. The highest BCUT2D eigenvalue weighted by Crippen LogP contribution is 2.39. The van der Waals surface area contributed by atoms with Gasteiger partial charge in [0, 0.05) is 23.2 Å². The third-order valence-corrected chi connectivity index (χ3v) is 7.32. The Morgan fingerprint density at radius 2 is 1.65 bits per heavy atom. The minimum absolute atomic E-state index is 0.0625. The summed E-state index contributed by atoms with van der Waals surface area (Å²) in [5.74, 6) is -0.669. The molecule has 7 nitrogen and oxygen atoms in total. The van der Waals surface area contributed by atoms with Crippen LogP contribution in [0.5, 0.6) is 0 Å². The summed E-state index contributed by atoms with van der Waals surface area (Å²) in [5, 5.41) is 6.00. The SMILES string of the molecule is Cc1ccc(C(=O)N2c3ccc(C(=O)NC4CCCCC4N)cc3NC(=O)CC2c2ccccc2)cc1. The lowest BCUT2D eigenvalue weighted by atomic mass is 9.91. The van der Waals surface area contributed by atoms with Crippen LogP contribution in [0.2, 0.25) is 0 Å². The topological polar surface area (TPSA) is 105 Å². The molecule has 1 heterocycles. The number of amides is 3. The van der Waals surface area contributed by atoms with Crippen LogP contribution in [0.25, 0.3) is 0 Å². The van der Waals surface area contributed by atoms with Crippen molar-refractivity contribution >= 4 is 29.1 Å². The number of benzene rings is 3. The zero-order valence-electron chi connectivity index (χ0n) is 20.9. The number of nitrogens with one attached hydrogen (secondary N) is 2. The van der Waals surface area contributed by atoms with Gasteiger partial charge < -0.3 is 16.4 Å². The average molecular weight is 497 g/mol. The maximum atomic E-state index is 13.9. The molecule has 3 aromatic rings. The van der Waals surface area contributed by atoms with E-state index in [9.17, 15) is 14.4 Å². The van der Waals surface area contributed by atoms with Crippen molar-refractivity contribution in [1.29, 1.82) is 0 Å². The third kappa shape index (κ3) is 5.27. The number of carbonyl (C=O) groups is 3. The van der Waals surface area contributed by atoms with Gasteiger partial charge in [-0.25, -0.2) is 0 Å². The van der Waals surface area contributed by atoms with Crippen molar-refractivity contribution in [1.82, 2.24) is 5.32 Å². The van der Waals surface area contributed by atoms with Crippen LogP contribution in [0.3, 0.4) is 0 Å². The lowest BCUT2D eigenvalue weighted by molar-refractivity contribution is -0.116. The van der Waals surface area contributed by atoms with Crippen LogP contribution in [0.4, 0.5) is 11.4 Å². The standard InChI is InChI=1S/C30H32N4O3/c1-19-11-13-21(14-12-19)30(37)34-26-16-15-22(29(36)33-24-10-6-5-9-23(24)31)17-25(26)32-28(35)18-27(34)20-7-3-2-4-8-20/h2-4,7-8,11-17,23-24,27H,5-6,9-10,18,31H2,1H3,(H,32,35)(H,33,36). The summed E-state index contributed by atoms with van der Waals surface area (Å²) in [7, 11) is 0. The lowest BCUT2D eigenvalue weighted by Crippen LogP contribution is -2.49. The Morgan fingerprint density at radius 3 is 2.38 bits per heavy atom. The Labute approximate surface area is 217 Å². The second kappa shape index (κ2) is 10.6. The summed E-state index contributed by atoms with van der Waals surface area (Å²) >= 11 is 0. The van der Waals surface area contributed by atoms with E-state index in [1.807, 2.05) is 49.4 Å². The van der Waals surface area contributed by atoms with Gasteiger partial charge in [-0.3, -0.25) is 19.3 Å². The number of hydrogen-bond donors (Lipinski definition) is 3. The number of hydrogen-bond acceptors (Lipinski definition) is 4. The molecule has 1 aliphatic heterocycles. The van der Waals surface area contributed by atoms with E-state index in [1.54, 1.807) is 35.2 Å². The van der Waals surface area contributed by atoms with E-state index in [0.717, 1.165) is 36.8 Å². The van der Waals surface area contributed by atoms with Crippen molar-refractivity contribution in [3.63, 3.8) is 0 Å². The molecule has 3 atom stereocenters. The fourth-order valence-electron chi connectivity index (χ4n) is 5.24. The van der Waals surface area contributed by atoms with E-state index in [1.165, 1.54) is 0 Å². The maximum Gasteiger partial charge on any atom is 0.258 e. The molecule has 0 spiro atoms. The summed E-state index contributed by atoms with van der Waals surface area (Å²) in [6.07, 6.45) is 3.95. The van der Waals surface area contributed by atoms with Crippen LogP contribution in [-0.4, -0.2) is 29.8 Å². The molecule has 5 rings (SSSR count). The van der Waals surface area contributed by atoms with E-state index in [-0.39, 0.29) is 36.2 Å². The van der Waals surface area contributed by atoms with Crippen LogP contribution < -0.4 is 21.3 Å². The molecule has 7 heteroatoms. The maximum absolute atomic E-state index is 13.9. The first-order valence-electron chi connectivity index (χ1n) is 12.9. The Kier molecular flexibility index (Phi) is 7.06. The first kappa shape index (κ1) is 24.7. The second-order valence-corrected chi connectivity index (χ2v) is 9.98. The van der Waals surface area contributed by atoms with Crippen molar-refractivity contribution < 1.29 is 14.4 Å². The molecule has 190 valence electrons. The molecule has 4 N–H and O–H groups in total. The normalized spacial score (nSPS) is 21.4. The third-order valence-electron chi connectivity index (χ3n) is 7.32. The molecule has 0 aromatic heterocycles. The molecule has 3 aromatic carbocycles. The van der Waals surface area contributed by atoms with Gasteiger partial charge in [-0.1, -0.05) is 60.9 Å². The molecular weight excluding hydrogens is 464 g/mol. The van der Waals surface area contributed by atoms with Crippen molar-refractivity contribution in [2.75, 3.05) is 10.2 Å². The minimum atomic E-state index is -0.504. The van der Waals surface area contributed by atoms with E-state index in [0.29, 0.717) is 22.5 Å². The quantitative estimate of drug-likeness (QED) is 0.486. The Morgan fingerprint density at radius 1 is 0.946 bits per heavy atom. The van der Waals surface area contributed by atoms with Gasteiger partial charge in [-0.2, -0.15) is 0 Å². The van der Waals surface area contributed by atoms with Crippen LogP contribution in [0.15, 0.2) is 72.8 Å². The zero-order valence-corrected chi connectivity index (χ0v) is 20.9. The first-order valence-corrected chi connectivity index (χ1v) is 12.9. The number of carbonyl (C=O) groups excluding carboxylic acids is 3. The smallest absolute Gasteiger partial charge is 0.258 e. The summed E-state index contributed by atoms with van der Waals surface area (Å²) < 4.78 is 0. The van der Waals surface area contributed by atoms with E-state index in [4.69, 9.17) is 5.73 Å². The number of nitrogens with two attached hydrogens (primary N) is 1. The molecule has 1 fully saturated rings. The van der Waals surface area contributed by atoms with Crippen LogP contribution in [0.1, 0.15) is 70.0 Å². The van der Waals surface area contributed by atoms with Gasteiger partial charge in [0.15, 0.2) is 0 Å². The van der Waals surface area contributed by atoms with Gasteiger partial charge in [-0.15, -0.1) is 0 Å². The van der Waals surface area contributed by atoms with Crippen LogP contribution in [0, 0.1) is 6.92 Å². The predicted octanol–water partition coefficient (Wildman–Crippen LogP) is 4.73. The van der Waals surface area contributed by atoms with Gasteiger partial charge in [-0.05, 0) is 55.7 Å². The number of rotatable bonds is 4. The second-order valence-electron chi connectivity index (χ2n) is 9.98. The van der Waals surface area contributed by atoms with Crippen LogP contribution in [-0.2, 0) is 4.79 Å². The molecular formula is C30H32N4O3. The van der Waals surface area contributed by atoms with Gasteiger partial charge in [0.05, 0.1) is 23.8 Å². The molecule has 3 unspecified atom stereocenters. The molecule has 1 aliphatic carbocycles. The predicted molar refractivity (Wildman–Crippen MR) is 145 cm³/mol. The summed E-state index contributed by atoms with van der Waals surface area (Å²) in [4.78, 5) is 41.8. The Balaban J connectivity index is 1.54. The van der Waals surface area contributed by atoms with Gasteiger partial charge >= 0.3 is 0 Å². The number of fused-ring (bicyclic) bond motifs is 1. The fourth-order valence-corrected chi connectivity index (χ4v) is 5.24. The summed E-state index contributed by atoms with van der Waals surface area (Å²) in [6, 6.07) is 21.4. The Bertz CT molecular complexity index is 1310. The van der Waals surface area contributed by atoms with Crippen molar-refractivity contribution in [3.8, 4) is 0 Å². The molecule has 37 heavy (non-hydrogen) atoms. The van der Waals surface area contributed by atoms with Crippen molar-refractivity contribution in [3.05, 3.63) is 95.1 Å². The van der Waals surface area contributed by atoms with E-state index < -0.39 is 6.04 Å². The molecule has 0 bridgehead atoms. The van der Waals surface area contributed by atoms with Gasteiger partial charge in [0.2, 0.25) is 5.91 Å². The number of anilines is 2. The summed E-state index contributed by atoms with van der Waals surface area (Å²) in [5.41, 5.74) is 10.1. The molecule has 3 amide bonds. The molecule has 0 saturated heterocycles. The van der Waals surface area contributed by atoms with E-state index in [2.05, 4.69) is 10.6 Å². The highest BCUT2D eigenvalue weighted by Gasteiger charge is 2.34. The lowest BCUT2D eigenvalue weighted by Gasteiger charge is -2.31. The minimum Gasteiger partial charge on any atom is -0.348 e. The zero-order chi connectivity index (χ0) is 25.9. The first-order chi connectivity index (χ1) is 17.9. The highest BCUT2D eigenvalue weighted by atomic mass is 16.2. The van der Waals surface area contributed by atoms with E-state index >= 15 is 0 Å². The average Bonchev–Trinajstić information content (AvgIpc) is 3.05. The molecule has 2 aliphatic rings. The van der Waals surface area contributed by atoms with Crippen LogP contribution >= 0.6 is 0 Å². The highest BCUT2D eigenvalue weighted by molar-refractivity contribution is 6.12. The molecule has 0 radical (unpaired) electrons. The summed E-state index contributed by atoms with van der Waals surface area (Å²) in [6.45, 7) is 1.97. The van der Waals surface area contributed by atoms with Gasteiger partial charge in [0.25, 0.3) is 11.8 Å². The monoisotopic (exact) mass is 496 g/mol. The van der Waals surface area contributed by atoms with Gasteiger partial charge in [0.1, 0.15) is 0 Å². The van der Waals surface area contributed by atoms with Crippen molar-refractivity contribution in [2.45, 2.75) is 57.2 Å². The largest absolute Gasteiger partial charge is 0.348 e. The van der Waals surface area contributed by atoms with Crippen molar-refractivity contribution in [2.24, 2.45) is 5.73 Å². The molecule has 1 saturated carbocycles.